The van der Waals surface area contributed by atoms with Gasteiger partial charge in [-0.3, -0.25) is 19.5 Å². The van der Waals surface area contributed by atoms with E-state index in [0.717, 1.165) is 0 Å². The van der Waals surface area contributed by atoms with Crippen molar-refractivity contribution >= 4 is 17.3 Å². The summed E-state index contributed by atoms with van der Waals surface area (Å²) in [7, 11) is 0. The van der Waals surface area contributed by atoms with Crippen LogP contribution in [0.1, 0.15) is 33.9 Å². The van der Waals surface area contributed by atoms with Gasteiger partial charge in [-0.05, 0) is 12.1 Å². The Morgan fingerprint density at radius 1 is 1.33 bits per heavy atom. The Morgan fingerprint density at radius 3 is 2.67 bits per heavy atom. The van der Waals surface area contributed by atoms with Crippen LogP contribution in [0.25, 0.3) is 0 Å². The SMILES string of the molecule is CC(=O)c1ccc(CC(=O)C(=O)c2nc[nH]n2)o1. The topological polar surface area (TPSA) is 106 Å². The molecule has 0 atom stereocenters. The van der Waals surface area contributed by atoms with E-state index in [1.807, 2.05) is 0 Å². The molecule has 18 heavy (non-hydrogen) atoms. The normalized spacial score (nSPS) is 10.3. The van der Waals surface area contributed by atoms with Crippen LogP contribution < -0.4 is 0 Å². The predicted molar refractivity (Wildman–Crippen MR) is 58.1 cm³/mol. The number of aromatic nitrogens is 3. The highest BCUT2D eigenvalue weighted by Crippen LogP contribution is 2.10. The first-order valence-electron chi connectivity index (χ1n) is 5.11. The molecule has 0 bridgehead atoms. The Balaban J connectivity index is 2.07. The molecule has 1 N–H and O–H groups in total. The van der Waals surface area contributed by atoms with Crippen molar-refractivity contribution in [2.75, 3.05) is 0 Å². The van der Waals surface area contributed by atoms with Crippen LogP contribution in [0.5, 0.6) is 0 Å². The molecular weight excluding hydrogens is 238 g/mol. The van der Waals surface area contributed by atoms with Crippen LogP contribution in [0.4, 0.5) is 0 Å². The predicted octanol–water partition coefficient (Wildman–Crippen LogP) is 0.595. The molecule has 2 aromatic heterocycles. The van der Waals surface area contributed by atoms with E-state index < -0.39 is 11.6 Å². The van der Waals surface area contributed by atoms with Crippen molar-refractivity contribution < 1.29 is 18.8 Å². The van der Waals surface area contributed by atoms with Crippen molar-refractivity contribution in [3.8, 4) is 0 Å². The van der Waals surface area contributed by atoms with Gasteiger partial charge in [0, 0.05) is 6.92 Å². The molecule has 2 aromatic rings. The van der Waals surface area contributed by atoms with Gasteiger partial charge in [-0.1, -0.05) is 0 Å². The van der Waals surface area contributed by atoms with Crippen LogP contribution in [0.15, 0.2) is 22.9 Å². The number of H-pyrrole nitrogens is 1. The molecule has 0 unspecified atom stereocenters. The van der Waals surface area contributed by atoms with Crippen molar-refractivity contribution in [2.45, 2.75) is 13.3 Å². The lowest BCUT2D eigenvalue weighted by Crippen LogP contribution is -2.17. The van der Waals surface area contributed by atoms with Gasteiger partial charge in [0.15, 0.2) is 11.5 Å². The summed E-state index contributed by atoms with van der Waals surface area (Å²) in [5.41, 5.74) is 0. The van der Waals surface area contributed by atoms with E-state index in [1.165, 1.54) is 25.4 Å². The molecule has 7 heteroatoms. The summed E-state index contributed by atoms with van der Waals surface area (Å²) in [6, 6.07) is 2.95. The maximum atomic E-state index is 11.6. The summed E-state index contributed by atoms with van der Waals surface area (Å²) in [6.45, 7) is 1.35. The van der Waals surface area contributed by atoms with E-state index in [4.69, 9.17) is 4.42 Å². The summed E-state index contributed by atoms with van der Waals surface area (Å²) >= 11 is 0. The summed E-state index contributed by atoms with van der Waals surface area (Å²) in [4.78, 5) is 37.7. The molecule has 0 aromatic carbocycles. The van der Waals surface area contributed by atoms with Crippen molar-refractivity contribution in [3.05, 3.63) is 35.8 Å². The van der Waals surface area contributed by atoms with Gasteiger partial charge in [0.05, 0.1) is 6.42 Å². The molecule has 2 rings (SSSR count). The maximum Gasteiger partial charge on any atom is 0.268 e. The van der Waals surface area contributed by atoms with Crippen LogP contribution >= 0.6 is 0 Å². The van der Waals surface area contributed by atoms with Gasteiger partial charge in [0.1, 0.15) is 12.1 Å². The summed E-state index contributed by atoms with van der Waals surface area (Å²) in [5.74, 6) is -1.50. The Bertz CT molecular complexity index is 598. The maximum absolute atomic E-state index is 11.6. The number of ketones is 3. The zero-order chi connectivity index (χ0) is 13.1. The number of aromatic amines is 1. The number of hydrogen-bond acceptors (Lipinski definition) is 6. The number of nitrogens with zero attached hydrogens (tertiary/aromatic N) is 2. The van der Waals surface area contributed by atoms with Gasteiger partial charge in [0.2, 0.25) is 11.6 Å². The lowest BCUT2D eigenvalue weighted by atomic mass is 10.1. The summed E-state index contributed by atoms with van der Waals surface area (Å²) in [6.07, 6.45) is 0.988. The molecule has 0 radical (unpaired) electrons. The molecule has 7 nitrogen and oxygen atoms in total. The quantitative estimate of drug-likeness (QED) is 0.612. The lowest BCUT2D eigenvalue weighted by Gasteiger charge is -1.94. The molecule has 2 heterocycles. The fourth-order valence-electron chi connectivity index (χ4n) is 1.34. The van der Waals surface area contributed by atoms with E-state index in [1.54, 1.807) is 0 Å². The molecule has 92 valence electrons. The third-order valence-corrected chi connectivity index (χ3v) is 2.21. The number of furan rings is 1. The fourth-order valence-corrected chi connectivity index (χ4v) is 1.34. The standard InChI is InChI=1S/C11H9N3O4/c1-6(15)9-3-2-7(18-9)4-8(16)10(17)11-12-5-13-14-11/h2-3,5H,4H2,1H3,(H,12,13,14). The van der Waals surface area contributed by atoms with E-state index in [2.05, 4.69) is 15.2 Å². The number of rotatable bonds is 5. The van der Waals surface area contributed by atoms with Gasteiger partial charge < -0.3 is 4.42 Å². The van der Waals surface area contributed by atoms with E-state index in [0.29, 0.717) is 0 Å². The van der Waals surface area contributed by atoms with Crippen LogP contribution in [0.2, 0.25) is 0 Å². The van der Waals surface area contributed by atoms with E-state index in [9.17, 15) is 14.4 Å². The Labute approximate surface area is 101 Å². The van der Waals surface area contributed by atoms with Gasteiger partial charge in [-0.15, -0.1) is 5.10 Å². The fraction of sp³-hybridized carbons (Fsp3) is 0.182. The average molecular weight is 247 g/mol. The zero-order valence-electron chi connectivity index (χ0n) is 9.47. The highest BCUT2D eigenvalue weighted by Gasteiger charge is 2.21. The number of carbonyl (C=O) groups is 3. The number of nitrogens with one attached hydrogen (secondary N) is 1. The monoisotopic (exact) mass is 247 g/mol. The molecule has 0 spiro atoms. The van der Waals surface area contributed by atoms with Crippen molar-refractivity contribution in [2.24, 2.45) is 0 Å². The second kappa shape index (κ2) is 4.74. The number of hydrogen-bond donors (Lipinski definition) is 1. The molecule has 0 aliphatic heterocycles. The molecule has 0 aliphatic rings. The van der Waals surface area contributed by atoms with E-state index >= 15 is 0 Å². The van der Waals surface area contributed by atoms with Gasteiger partial charge >= 0.3 is 0 Å². The first-order valence-corrected chi connectivity index (χ1v) is 5.11. The molecule has 0 aliphatic carbocycles. The minimum Gasteiger partial charge on any atom is -0.458 e. The lowest BCUT2D eigenvalue weighted by molar-refractivity contribution is -0.114. The Morgan fingerprint density at radius 2 is 2.11 bits per heavy atom. The Hall–Kier alpha value is -2.57. The molecular formula is C11H9N3O4. The number of Topliss-reactive ketones (excluding diaryl/α,β-unsaturated/α-hetero) is 3. The van der Waals surface area contributed by atoms with Gasteiger partial charge in [-0.25, -0.2) is 4.98 Å². The minimum atomic E-state index is -0.794. The smallest absolute Gasteiger partial charge is 0.268 e. The van der Waals surface area contributed by atoms with Crippen LogP contribution in [0, 0.1) is 0 Å². The van der Waals surface area contributed by atoms with Crippen molar-refractivity contribution in [3.63, 3.8) is 0 Å². The van der Waals surface area contributed by atoms with E-state index in [-0.39, 0.29) is 29.5 Å². The van der Waals surface area contributed by atoms with Crippen LogP contribution in [0.3, 0.4) is 0 Å². The Kier molecular flexibility index (Phi) is 3.13. The third-order valence-electron chi connectivity index (χ3n) is 2.21. The highest BCUT2D eigenvalue weighted by molar-refractivity contribution is 6.42. The molecule has 0 amide bonds. The summed E-state index contributed by atoms with van der Waals surface area (Å²) in [5, 5.41) is 5.87. The molecule has 0 saturated carbocycles. The second-order valence-corrected chi connectivity index (χ2v) is 3.57. The molecule has 0 saturated heterocycles. The van der Waals surface area contributed by atoms with Crippen LogP contribution in [-0.4, -0.2) is 32.5 Å². The molecule has 0 fully saturated rings. The first-order chi connectivity index (χ1) is 8.58. The van der Waals surface area contributed by atoms with Gasteiger partial charge in [0.25, 0.3) is 5.78 Å². The van der Waals surface area contributed by atoms with Gasteiger partial charge in [-0.2, -0.15) is 0 Å². The van der Waals surface area contributed by atoms with Crippen LogP contribution in [-0.2, 0) is 11.2 Å². The van der Waals surface area contributed by atoms with Crippen molar-refractivity contribution in [1.29, 1.82) is 0 Å². The van der Waals surface area contributed by atoms with Crippen molar-refractivity contribution in [1.82, 2.24) is 15.2 Å². The number of carbonyl (C=O) groups excluding carboxylic acids is 3. The third kappa shape index (κ3) is 2.40. The largest absolute Gasteiger partial charge is 0.458 e. The minimum absolute atomic E-state index is 0.156. The average Bonchev–Trinajstić information content (AvgIpc) is 2.98. The highest BCUT2D eigenvalue weighted by atomic mass is 16.3. The summed E-state index contributed by atoms with van der Waals surface area (Å²) < 4.78 is 5.11. The first kappa shape index (κ1) is 11.9. The zero-order valence-corrected chi connectivity index (χ0v) is 9.47. The second-order valence-electron chi connectivity index (χ2n) is 3.57.